The van der Waals surface area contributed by atoms with Gasteiger partial charge in [-0.05, 0) is 44.5 Å². The Morgan fingerprint density at radius 3 is 2.72 bits per heavy atom. The number of anilines is 1. The van der Waals surface area contributed by atoms with Gasteiger partial charge in [0.05, 0.1) is 10.7 Å². The van der Waals surface area contributed by atoms with E-state index >= 15 is 0 Å². The van der Waals surface area contributed by atoms with Gasteiger partial charge < -0.3 is 10.6 Å². The van der Waals surface area contributed by atoms with Gasteiger partial charge in [-0.3, -0.25) is 4.79 Å². The summed E-state index contributed by atoms with van der Waals surface area (Å²) in [5.41, 5.74) is 1.39. The first-order valence-corrected chi connectivity index (χ1v) is 6.68. The van der Waals surface area contributed by atoms with Crippen molar-refractivity contribution >= 4 is 23.2 Å². The summed E-state index contributed by atoms with van der Waals surface area (Å²) < 4.78 is 0. The molecule has 0 aromatic heterocycles. The van der Waals surface area contributed by atoms with Gasteiger partial charge in [0.1, 0.15) is 0 Å². The zero-order valence-electron chi connectivity index (χ0n) is 10.8. The molecule has 0 bridgehead atoms. The number of aryl methyl sites for hydroxylation is 1. The lowest BCUT2D eigenvalue weighted by atomic mass is 9.80. The summed E-state index contributed by atoms with van der Waals surface area (Å²) >= 11 is 6.19. The van der Waals surface area contributed by atoms with Crippen LogP contribution < -0.4 is 10.6 Å². The molecule has 0 saturated carbocycles. The van der Waals surface area contributed by atoms with Gasteiger partial charge in [0.15, 0.2) is 0 Å². The highest BCUT2D eigenvalue weighted by Crippen LogP contribution is 2.32. The highest BCUT2D eigenvalue weighted by molar-refractivity contribution is 6.34. The molecule has 1 saturated heterocycles. The van der Waals surface area contributed by atoms with Crippen molar-refractivity contribution in [1.82, 2.24) is 5.32 Å². The van der Waals surface area contributed by atoms with Crippen LogP contribution in [0.15, 0.2) is 18.2 Å². The van der Waals surface area contributed by atoms with Crippen LogP contribution in [0.2, 0.25) is 5.02 Å². The Labute approximate surface area is 113 Å². The maximum absolute atomic E-state index is 12.4. The minimum atomic E-state index is -0.293. The number of halogens is 1. The van der Waals surface area contributed by atoms with Crippen molar-refractivity contribution < 1.29 is 4.79 Å². The van der Waals surface area contributed by atoms with Gasteiger partial charge in [-0.2, -0.15) is 0 Å². The molecule has 2 rings (SSSR count). The van der Waals surface area contributed by atoms with Crippen molar-refractivity contribution in [3.8, 4) is 0 Å². The number of rotatable bonds is 2. The first-order valence-electron chi connectivity index (χ1n) is 6.30. The molecule has 2 N–H and O–H groups in total. The van der Waals surface area contributed by atoms with Crippen molar-refractivity contribution in [1.29, 1.82) is 0 Å². The average molecular weight is 267 g/mol. The highest BCUT2D eigenvalue weighted by Gasteiger charge is 2.34. The van der Waals surface area contributed by atoms with E-state index in [9.17, 15) is 4.79 Å². The summed E-state index contributed by atoms with van der Waals surface area (Å²) in [7, 11) is 0. The van der Waals surface area contributed by atoms with E-state index < -0.39 is 0 Å². The summed E-state index contributed by atoms with van der Waals surface area (Å²) in [6.07, 6.45) is 1.73. The molecule has 3 nitrogen and oxygen atoms in total. The van der Waals surface area contributed by atoms with Crippen LogP contribution in [-0.2, 0) is 4.79 Å². The smallest absolute Gasteiger partial charge is 0.230 e. The second-order valence-electron chi connectivity index (χ2n) is 5.20. The van der Waals surface area contributed by atoms with Crippen LogP contribution in [0.4, 0.5) is 5.69 Å². The number of piperidine rings is 1. The molecule has 18 heavy (non-hydrogen) atoms. The number of carbonyl (C=O) groups excluding carboxylic acids is 1. The van der Waals surface area contributed by atoms with E-state index in [1.165, 1.54) is 0 Å². The Bertz CT molecular complexity index is 453. The van der Waals surface area contributed by atoms with Crippen LogP contribution in [-0.4, -0.2) is 19.0 Å². The molecule has 0 aliphatic carbocycles. The second-order valence-corrected chi connectivity index (χ2v) is 5.58. The van der Waals surface area contributed by atoms with Crippen molar-refractivity contribution in [3.05, 3.63) is 28.8 Å². The molecule has 1 aromatic rings. The highest BCUT2D eigenvalue weighted by atomic mass is 35.5. The van der Waals surface area contributed by atoms with Crippen molar-refractivity contribution in [3.63, 3.8) is 0 Å². The fourth-order valence-electron chi connectivity index (χ4n) is 2.22. The summed E-state index contributed by atoms with van der Waals surface area (Å²) in [6.45, 7) is 5.74. The minimum absolute atomic E-state index is 0.0662. The fourth-order valence-corrected chi connectivity index (χ4v) is 2.40. The fraction of sp³-hybridized carbons (Fsp3) is 0.500. The lowest BCUT2D eigenvalue weighted by Crippen LogP contribution is -2.42. The van der Waals surface area contributed by atoms with E-state index in [4.69, 9.17) is 11.6 Å². The normalized spacial score (nSPS) is 18.4. The van der Waals surface area contributed by atoms with E-state index in [0.29, 0.717) is 10.7 Å². The molecule has 1 amide bonds. The Morgan fingerprint density at radius 1 is 1.39 bits per heavy atom. The standard InChI is InChI=1S/C14H19ClN2O/c1-10-4-3-5-11(12(10)15)17-13(18)14(2)6-8-16-9-7-14/h3-5,16H,6-9H2,1-2H3,(H,17,18). The average Bonchev–Trinajstić information content (AvgIpc) is 2.36. The van der Waals surface area contributed by atoms with Gasteiger partial charge in [-0.15, -0.1) is 0 Å². The Hall–Kier alpha value is -1.06. The van der Waals surface area contributed by atoms with Crippen LogP contribution >= 0.6 is 11.6 Å². The SMILES string of the molecule is Cc1cccc(NC(=O)C2(C)CCNCC2)c1Cl. The molecule has 0 radical (unpaired) electrons. The van der Waals surface area contributed by atoms with Crippen molar-refractivity contribution in [2.45, 2.75) is 26.7 Å². The van der Waals surface area contributed by atoms with Crippen LogP contribution in [0.1, 0.15) is 25.3 Å². The number of benzene rings is 1. The number of hydrogen-bond donors (Lipinski definition) is 2. The molecule has 1 aliphatic heterocycles. The van der Waals surface area contributed by atoms with Crippen LogP contribution in [0.25, 0.3) is 0 Å². The summed E-state index contributed by atoms with van der Waals surface area (Å²) in [4.78, 5) is 12.4. The molecule has 0 unspecified atom stereocenters. The molecular weight excluding hydrogens is 248 g/mol. The van der Waals surface area contributed by atoms with Gasteiger partial charge in [0.2, 0.25) is 5.91 Å². The molecule has 0 spiro atoms. The van der Waals surface area contributed by atoms with Crippen LogP contribution in [0, 0.1) is 12.3 Å². The molecule has 1 aromatic carbocycles. The third-order valence-electron chi connectivity index (χ3n) is 3.70. The van der Waals surface area contributed by atoms with Gasteiger partial charge in [-0.25, -0.2) is 0 Å². The topological polar surface area (TPSA) is 41.1 Å². The zero-order chi connectivity index (χ0) is 13.2. The summed E-state index contributed by atoms with van der Waals surface area (Å²) in [5.74, 6) is 0.0662. The zero-order valence-corrected chi connectivity index (χ0v) is 11.6. The number of nitrogens with one attached hydrogen (secondary N) is 2. The first kappa shape index (κ1) is 13.4. The lowest BCUT2D eigenvalue weighted by molar-refractivity contribution is -0.126. The molecule has 1 fully saturated rings. The van der Waals surface area contributed by atoms with E-state index in [1.54, 1.807) is 0 Å². The van der Waals surface area contributed by atoms with E-state index in [2.05, 4.69) is 10.6 Å². The first-order chi connectivity index (χ1) is 8.53. The van der Waals surface area contributed by atoms with Gasteiger partial charge in [0.25, 0.3) is 0 Å². The maximum Gasteiger partial charge on any atom is 0.230 e. The third-order valence-corrected chi connectivity index (χ3v) is 4.20. The van der Waals surface area contributed by atoms with Crippen molar-refractivity contribution in [2.24, 2.45) is 5.41 Å². The minimum Gasteiger partial charge on any atom is -0.324 e. The Kier molecular flexibility index (Phi) is 3.93. The molecule has 4 heteroatoms. The summed E-state index contributed by atoms with van der Waals surface area (Å²) in [5, 5.41) is 6.86. The Balaban J connectivity index is 2.13. The van der Waals surface area contributed by atoms with Gasteiger partial charge in [0, 0.05) is 5.41 Å². The largest absolute Gasteiger partial charge is 0.324 e. The molecule has 1 heterocycles. The van der Waals surface area contributed by atoms with Crippen LogP contribution in [0.5, 0.6) is 0 Å². The quantitative estimate of drug-likeness (QED) is 0.864. The monoisotopic (exact) mass is 266 g/mol. The lowest BCUT2D eigenvalue weighted by Gasteiger charge is -2.32. The molecule has 1 aliphatic rings. The van der Waals surface area contributed by atoms with Crippen LogP contribution in [0.3, 0.4) is 0 Å². The third kappa shape index (κ3) is 2.68. The molecular formula is C14H19ClN2O. The number of carbonyl (C=O) groups is 1. The summed E-state index contributed by atoms with van der Waals surface area (Å²) in [6, 6.07) is 5.68. The van der Waals surface area contributed by atoms with E-state index in [1.807, 2.05) is 32.0 Å². The molecule has 0 atom stereocenters. The predicted molar refractivity (Wildman–Crippen MR) is 75.0 cm³/mol. The molecule has 98 valence electrons. The number of hydrogen-bond acceptors (Lipinski definition) is 2. The maximum atomic E-state index is 12.4. The van der Waals surface area contributed by atoms with Gasteiger partial charge >= 0.3 is 0 Å². The second kappa shape index (κ2) is 5.29. The van der Waals surface area contributed by atoms with E-state index in [0.717, 1.165) is 31.5 Å². The number of amides is 1. The van der Waals surface area contributed by atoms with Crippen molar-refractivity contribution in [2.75, 3.05) is 18.4 Å². The predicted octanol–water partition coefficient (Wildman–Crippen LogP) is 2.98. The Morgan fingerprint density at radius 2 is 2.06 bits per heavy atom. The van der Waals surface area contributed by atoms with Gasteiger partial charge in [-0.1, -0.05) is 30.7 Å². The van der Waals surface area contributed by atoms with E-state index in [-0.39, 0.29) is 11.3 Å².